The highest BCUT2D eigenvalue weighted by atomic mass is 32.2. The number of ether oxygens (including phenoxy) is 1. The number of nitrogens with zero attached hydrogens (tertiary/aromatic N) is 2. The average molecular weight is 415 g/mol. The molecule has 0 unspecified atom stereocenters. The lowest BCUT2D eigenvalue weighted by molar-refractivity contribution is -0.0436. The molecule has 1 N–H and O–H groups in total. The molecule has 1 aromatic carbocycles. The summed E-state index contributed by atoms with van der Waals surface area (Å²) < 4.78 is 65.6. The molecule has 1 saturated heterocycles. The number of pyridine rings is 1. The zero-order valence-electron chi connectivity index (χ0n) is 14.4. The molecule has 28 heavy (non-hydrogen) atoms. The molecule has 3 rings (SSSR count). The zero-order valence-corrected chi connectivity index (χ0v) is 15.3. The van der Waals surface area contributed by atoms with Gasteiger partial charge in [0.15, 0.2) is 0 Å². The van der Waals surface area contributed by atoms with Crippen molar-refractivity contribution >= 4 is 27.2 Å². The molecule has 150 valence electrons. The van der Waals surface area contributed by atoms with Crippen molar-refractivity contribution in [2.75, 3.05) is 36.5 Å². The number of aromatic nitrogens is 1. The number of anilines is 2. The topological polar surface area (TPSA) is 88.6 Å². The van der Waals surface area contributed by atoms with Gasteiger partial charge in [0.05, 0.1) is 30.0 Å². The molecule has 7 nitrogen and oxygen atoms in total. The third-order valence-electron chi connectivity index (χ3n) is 4.07. The number of rotatable bonds is 4. The van der Waals surface area contributed by atoms with Crippen LogP contribution in [-0.4, -0.2) is 51.1 Å². The van der Waals surface area contributed by atoms with Gasteiger partial charge in [-0.05, 0) is 36.4 Å². The van der Waals surface area contributed by atoms with Gasteiger partial charge in [0.2, 0.25) is 0 Å². The van der Waals surface area contributed by atoms with E-state index < -0.39 is 26.1 Å². The molecule has 1 amide bonds. The molecule has 1 aliphatic heterocycles. The Kier molecular flexibility index (Phi) is 5.57. The summed E-state index contributed by atoms with van der Waals surface area (Å²) in [7, 11) is -5.45. The van der Waals surface area contributed by atoms with Crippen molar-refractivity contribution in [2.24, 2.45) is 0 Å². The fraction of sp³-hybridized carbons (Fsp3) is 0.294. The summed E-state index contributed by atoms with van der Waals surface area (Å²) >= 11 is 0. The molecule has 0 aliphatic carbocycles. The first kappa shape index (κ1) is 20.1. The molecule has 0 atom stereocenters. The van der Waals surface area contributed by atoms with Gasteiger partial charge in [0.25, 0.3) is 15.7 Å². The molecule has 0 saturated carbocycles. The Labute approximate surface area is 159 Å². The van der Waals surface area contributed by atoms with Crippen LogP contribution in [0.4, 0.5) is 24.7 Å². The summed E-state index contributed by atoms with van der Waals surface area (Å²) in [5.41, 5.74) is -4.99. The van der Waals surface area contributed by atoms with E-state index in [-0.39, 0.29) is 5.56 Å². The number of morpholine rings is 1. The third-order valence-corrected chi connectivity index (χ3v) is 5.57. The lowest BCUT2D eigenvalue weighted by Crippen LogP contribution is -2.36. The van der Waals surface area contributed by atoms with E-state index in [1.807, 2.05) is 4.90 Å². The molecule has 2 aromatic rings. The number of hydrogen-bond acceptors (Lipinski definition) is 6. The maximum absolute atomic E-state index is 12.5. The van der Waals surface area contributed by atoms with Crippen LogP contribution in [0.5, 0.6) is 0 Å². The second-order valence-corrected chi connectivity index (χ2v) is 7.87. The molecule has 2 heterocycles. The van der Waals surface area contributed by atoms with E-state index >= 15 is 0 Å². The number of alkyl halides is 3. The lowest BCUT2D eigenvalue weighted by Gasteiger charge is -2.27. The minimum atomic E-state index is -5.45. The van der Waals surface area contributed by atoms with E-state index in [0.717, 1.165) is 30.1 Å². The first-order valence-electron chi connectivity index (χ1n) is 8.20. The molecule has 0 bridgehead atoms. The fourth-order valence-corrected chi connectivity index (χ4v) is 3.32. The Bertz CT molecular complexity index is 939. The number of halogens is 3. The highest BCUT2D eigenvalue weighted by molar-refractivity contribution is 7.92. The molecule has 1 fully saturated rings. The van der Waals surface area contributed by atoms with Crippen LogP contribution in [0.25, 0.3) is 0 Å². The number of carbonyl (C=O) groups excluding carboxylic acids is 1. The van der Waals surface area contributed by atoms with E-state index in [0.29, 0.717) is 32.0 Å². The van der Waals surface area contributed by atoms with E-state index in [4.69, 9.17) is 4.74 Å². The number of sulfone groups is 1. The quantitative estimate of drug-likeness (QED) is 0.825. The smallest absolute Gasteiger partial charge is 0.378 e. The first-order valence-corrected chi connectivity index (χ1v) is 9.68. The van der Waals surface area contributed by atoms with Gasteiger partial charge in [-0.15, -0.1) is 0 Å². The normalized spacial score (nSPS) is 15.3. The summed E-state index contributed by atoms with van der Waals surface area (Å²) in [6, 6.07) is 6.92. The van der Waals surface area contributed by atoms with Gasteiger partial charge < -0.3 is 15.0 Å². The summed E-state index contributed by atoms with van der Waals surface area (Å²) in [6.07, 6.45) is 1.46. The van der Waals surface area contributed by atoms with Crippen LogP contribution in [0.1, 0.15) is 10.4 Å². The van der Waals surface area contributed by atoms with E-state index in [1.165, 1.54) is 6.20 Å². The minimum absolute atomic E-state index is 0.0124. The van der Waals surface area contributed by atoms with E-state index in [2.05, 4.69) is 10.3 Å². The minimum Gasteiger partial charge on any atom is -0.378 e. The van der Waals surface area contributed by atoms with Crippen molar-refractivity contribution in [1.29, 1.82) is 0 Å². The molecule has 1 aliphatic rings. The van der Waals surface area contributed by atoms with Crippen molar-refractivity contribution in [2.45, 2.75) is 10.4 Å². The first-order chi connectivity index (χ1) is 13.2. The molecular formula is C17H16F3N3O4S. The van der Waals surface area contributed by atoms with Crippen molar-refractivity contribution in [3.8, 4) is 0 Å². The molecule has 1 aromatic heterocycles. The van der Waals surface area contributed by atoms with Crippen LogP contribution in [0.15, 0.2) is 47.5 Å². The van der Waals surface area contributed by atoms with Gasteiger partial charge in [-0.3, -0.25) is 4.79 Å². The second kappa shape index (κ2) is 7.76. The van der Waals surface area contributed by atoms with Crippen LogP contribution < -0.4 is 10.2 Å². The summed E-state index contributed by atoms with van der Waals surface area (Å²) in [6.45, 7) is 2.65. The van der Waals surface area contributed by atoms with Crippen molar-refractivity contribution in [3.63, 3.8) is 0 Å². The van der Waals surface area contributed by atoms with Gasteiger partial charge in [-0.2, -0.15) is 13.2 Å². The van der Waals surface area contributed by atoms with Crippen LogP contribution in [0.3, 0.4) is 0 Å². The highest BCUT2D eigenvalue weighted by Gasteiger charge is 2.46. The van der Waals surface area contributed by atoms with Crippen molar-refractivity contribution < 1.29 is 31.1 Å². The standard InChI is InChI=1S/C17H16F3N3O4S/c18-17(19,20)28(25,26)14-4-1-12(2-5-14)16(24)22-13-3-6-15(21-11-13)23-7-9-27-10-8-23/h1-6,11H,7-10H2,(H,22,24). The largest absolute Gasteiger partial charge is 0.501 e. The average Bonchev–Trinajstić information content (AvgIpc) is 2.68. The molecular weight excluding hydrogens is 399 g/mol. The Morgan fingerprint density at radius 2 is 1.71 bits per heavy atom. The van der Waals surface area contributed by atoms with Crippen LogP contribution in [0, 0.1) is 0 Å². The predicted octanol–water partition coefficient (Wildman–Crippen LogP) is 2.46. The molecule has 0 radical (unpaired) electrons. The van der Waals surface area contributed by atoms with E-state index in [9.17, 15) is 26.4 Å². The summed E-state index contributed by atoms with van der Waals surface area (Å²) in [5.74, 6) is 0.139. The Balaban J connectivity index is 1.68. The number of hydrogen-bond donors (Lipinski definition) is 1. The Morgan fingerprint density at radius 3 is 2.25 bits per heavy atom. The van der Waals surface area contributed by atoms with E-state index in [1.54, 1.807) is 12.1 Å². The Morgan fingerprint density at radius 1 is 1.07 bits per heavy atom. The van der Waals surface area contributed by atoms with Crippen LogP contribution in [0.2, 0.25) is 0 Å². The third kappa shape index (κ3) is 4.25. The number of carbonyl (C=O) groups is 1. The maximum Gasteiger partial charge on any atom is 0.501 e. The van der Waals surface area contributed by atoms with Crippen LogP contribution in [-0.2, 0) is 14.6 Å². The molecule has 11 heteroatoms. The van der Waals surface area contributed by atoms with Gasteiger partial charge in [-0.25, -0.2) is 13.4 Å². The van der Waals surface area contributed by atoms with Gasteiger partial charge in [0.1, 0.15) is 5.82 Å². The predicted molar refractivity (Wildman–Crippen MR) is 94.9 cm³/mol. The monoisotopic (exact) mass is 415 g/mol. The van der Waals surface area contributed by atoms with Crippen LogP contribution >= 0.6 is 0 Å². The Hall–Kier alpha value is -2.66. The summed E-state index contributed by atoms with van der Waals surface area (Å²) in [4.78, 5) is 17.6. The maximum atomic E-state index is 12.5. The second-order valence-electron chi connectivity index (χ2n) is 5.93. The molecule has 0 spiro atoms. The number of nitrogens with one attached hydrogen (secondary N) is 1. The van der Waals surface area contributed by atoms with Gasteiger partial charge in [-0.1, -0.05) is 0 Å². The lowest BCUT2D eigenvalue weighted by atomic mass is 10.2. The highest BCUT2D eigenvalue weighted by Crippen LogP contribution is 2.30. The summed E-state index contributed by atoms with van der Waals surface area (Å²) in [5, 5.41) is 2.56. The number of benzene rings is 1. The van der Waals surface area contributed by atoms with Gasteiger partial charge in [0, 0.05) is 18.7 Å². The zero-order chi connectivity index (χ0) is 20.4. The fourth-order valence-electron chi connectivity index (χ4n) is 2.56. The van der Waals surface area contributed by atoms with Gasteiger partial charge >= 0.3 is 5.51 Å². The SMILES string of the molecule is O=C(Nc1ccc(N2CCOCC2)nc1)c1ccc(S(=O)(=O)C(F)(F)F)cc1. The van der Waals surface area contributed by atoms with Crippen molar-refractivity contribution in [1.82, 2.24) is 4.98 Å². The van der Waals surface area contributed by atoms with Crippen molar-refractivity contribution in [3.05, 3.63) is 48.2 Å². The number of amides is 1.